The van der Waals surface area contributed by atoms with Crippen molar-refractivity contribution in [1.29, 1.82) is 0 Å². The second-order valence-electron chi connectivity index (χ2n) is 3.04. The molecule has 1 aliphatic carbocycles. The molecule has 1 rings (SSSR count). The summed E-state index contributed by atoms with van der Waals surface area (Å²) in [5.74, 6) is -0.539. The molecule has 0 spiro atoms. The standard InChI is InChI=1S/C9H14O3/c1-7(10)9(11)12-6-8-4-2-3-5-8/h4,7,10H,2-3,5-6H2,1H3. The first-order valence-corrected chi connectivity index (χ1v) is 4.23. The van der Waals surface area contributed by atoms with Gasteiger partial charge in [-0.25, -0.2) is 4.79 Å². The Morgan fingerprint density at radius 3 is 3.08 bits per heavy atom. The van der Waals surface area contributed by atoms with Gasteiger partial charge in [0, 0.05) is 0 Å². The monoisotopic (exact) mass is 170 g/mol. The minimum absolute atomic E-state index is 0.351. The first-order chi connectivity index (χ1) is 5.70. The van der Waals surface area contributed by atoms with Gasteiger partial charge in [-0.2, -0.15) is 0 Å². The average Bonchev–Trinajstić information content (AvgIpc) is 2.51. The lowest BCUT2D eigenvalue weighted by Crippen LogP contribution is -2.20. The topological polar surface area (TPSA) is 46.5 Å². The number of hydrogen-bond acceptors (Lipinski definition) is 3. The molecule has 0 aromatic carbocycles. The van der Waals surface area contributed by atoms with Gasteiger partial charge in [0.2, 0.25) is 0 Å². The molecule has 0 aliphatic heterocycles. The molecule has 0 amide bonds. The molecule has 0 bridgehead atoms. The molecule has 1 aliphatic rings. The molecule has 68 valence electrons. The summed E-state index contributed by atoms with van der Waals surface area (Å²) >= 11 is 0. The number of ether oxygens (including phenoxy) is 1. The number of allylic oxidation sites excluding steroid dienone is 1. The van der Waals surface area contributed by atoms with Crippen LogP contribution in [0.5, 0.6) is 0 Å². The summed E-state index contributed by atoms with van der Waals surface area (Å²) in [6.07, 6.45) is 4.35. The summed E-state index contributed by atoms with van der Waals surface area (Å²) in [7, 11) is 0. The first-order valence-electron chi connectivity index (χ1n) is 4.23. The third-order valence-corrected chi connectivity index (χ3v) is 1.88. The molecule has 1 unspecified atom stereocenters. The number of hydrogen-bond donors (Lipinski definition) is 1. The van der Waals surface area contributed by atoms with Crippen LogP contribution in [0.2, 0.25) is 0 Å². The molecule has 0 radical (unpaired) electrons. The van der Waals surface area contributed by atoms with Crippen LogP contribution in [0.15, 0.2) is 11.6 Å². The average molecular weight is 170 g/mol. The van der Waals surface area contributed by atoms with Crippen LogP contribution in [-0.4, -0.2) is 23.8 Å². The van der Waals surface area contributed by atoms with Crippen LogP contribution in [0.1, 0.15) is 26.2 Å². The van der Waals surface area contributed by atoms with E-state index in [2.05, 4.69) is 6.08 Å². The van der Waals surface area contributed by atoms with Gasteiger partial charge < -0.3 is 9.84 Å². The fourth-order valence-electron chi connectivity index (χ4n) is 1.15. The number of aliphatic hydroxyl groups excluding tert-OH is 1. The van der Waals surface area contributed by atoms with Crippen molar-refractivity contribution in [2.24, 2.45) is 0 Å². The molecular formula is C9H14O3. The highest BCUT2D eigenvalue weighted by Crippen LogP contribution is 2.17. The Morgan fingerprint density at radius 1 is 1.83 bits per heavy atom. The Balaban J connectivity index is 2.21. The first kappa shape index (κ1) is 9.26. The lowest BCUT2D eigenvalue weighted by atomic mass is 10.2. The number of carbonyl (C=O) groups is 1. The fourth-order valence-corrected chi connectivity index (χ4v) is 1.15. The van der Waals surface area contributed by atoms with Crippen LogP contribution in [0.25, 0.3) is 0 Å². The highest BCUT2D eigenvalue weighted by atomic mass is 16.5. The molecule has 1 N–H and O–H groups in total. The van der Waals surface area contributed by atoms with Gasteiger partial charge in [-0.1, -0.05) is 6.08 Å². The van der Waals surface area contributed by atoms with Gasteiger partial charge in [-0.05, 0) is 31.8 Å². The van der Waals surface area contributed by atoms with E-state index in [0.717, 1.165) is 19.3 Å². The maximum absolute atomic E-state index is 10.8. The Morgan fingerprint density at radius 2 is 2.58 bits per heavy atom. The van der Waals surface area contributed by atoms with E-state index in [0.29, 0.717) is 6.61 Å². The Hall–Kier alpha value is -0.830. The molecule has 12 heavy (non-hydrogen) atoms. The minimum atomic E-state index is -1.01. The van der Waals surface area contributed by atoms with Crippen molar-refractivity contribution in [2.75, 3.05) is 6.61 Å². The number of rotatable bonds is 3. The van der Waals surface area contributed by atoms with E-state index in [1.165, 1.54) is 12.5 Å². The second-order valence-corrected chi connectivity index (χ2v) is 3.04. The summed E-state index contributed by atoms with van der Waals surface area (Å²) < 4.78 is 4.83. The molecule has 0 heterocycles. The number of aliphatic hydroxyl groups is 1. The summed E-state index contributed by atoms with van der Waals surface area (Å²) in [6.45, 7) is 1.76. The minimum Gasteiger partial charge on any atom is -0.459 e. The van der Waals surface area contributed by atoms with E-state index >= 15 is 0 Å². The third-order valence-electron chi connectivity index (χ3n) is 1.88. The smallest absolute Gasteiger partial charge is 0.334 e. The van der Waals surface area contributed by atoms with Gasteiger partial charge in [-0.15, -0.1) is 0 Å². The predicted molar refractivity (Wildman–Crippen MR) is 44.6 cm³/mol. The fraction of sp³-hybridized carbons (Fsp3) is 0.667. The molecule has 0 saturated heterocycles. The molecule has 3 heteroatoms. The Bertz CT molecular complexity index is 194. The van der Waals surface area contributed by atoms with E-state index in [1.54, 1.807) is 0 Å². The summed E-state index contributed by atoms with van der Waals surface area (Å²) in [6, 6.07) is 0. The molecule has 0 aromatic rings. The second kappa shape index (κ2) is 4.26. The molecule has 3 nitrogen and oxygen atoms in total. The van der Waals surface area contributed by atoms with E-state index < -0.39 is 12.1 Å². The van der Waals surface area contributed by atoms with Gasteiger partial charge in [0.05, 0.1) is 0 Å². The van der Waals surface area contributed by atoms with Crippen molar-refractivity contribution >= 4 is 5.97 Å². The summed E-state index contributed by atoms with van der Waals surface area (Å²) in [4.78, 5) is 10.8. The van der Waals surface area contributed by atoms with E-state index in [1.807, 2.05) is 0 Å². The van der Waals surface area contributed by atoms with E-state index in [-0.39, 0.29) is 0 Å². The van der Waals surface area contributed by atoms with Crippen molar-refractivity contribution in [3.05, 3.63) is 11.6 Å². The van der Waals surface area contributed by atoms with Gasteiger partial charge in [0.1, 0.15) is 12.7 Å². The summed E-state index contributed by atoms with van der Waals surface area (Å²) in [5, 5.41) is 8.80. The summed E-state index contributed by atoms with van der Waals surface area (Å²) in [5.41, 5.74) is 1.17. The highest BCUT2D eigenvalue weighted by molar-refractivity contribution is 5.73. The maximum atomic E-state index is 10.8. The van der Waals surface area contributed by atoms with Crippen LogP contribution < -0.4 is 0 Å². The van der Waals surface area contributed by atoms with Gasteiger partial charge >= 0.3 is 5.97 Å². The van der Waals surface area contributed by atoms with Crippen molar-refractivity contribution in [3.63, 3.8) is 0 Å². The Labute approximate surface area is 72.0 Å². The molecule has 1 atom stereocenters. The zero-order valence-corrected chi connectivity index (χ0v) is 7.25. The SMILES string of the molecule is CC(O)C(=O)OCC1=CCCC1. The van der Waals surface area contributed by atoms with Crippen LogP contribution in [0.3, 0.4) is 0 Å². The van der Waals surface area contributed by atoms with E-state index in [4.69, 9.17) is 9.84 Å². The van der Waals surface area contributed by atoms with Crippen LogP contribution in [-0.2, 0) is 9.53 Å². The van der Waals surface area contributed by atoms with Crippen LogP contribution in [0, 0.1) is 0 Å². The van der Waals surface area contributed by atoms with Crippen molar-refractivity contribution in [2.45, 2.75) is 32.3 Å². The van der Waals surface area contributed by atoms with Gasteiger partial charge in [0.15, 0.2) is 0 Å². The maximum Gasteiger partial charge on any atom is 0.334 e. The lowest BCUT2D eigenvalue weighted by Gasteiger charge is -2.06. The van der Waals surface area contributed by atoms with Gasteiger partial charge in [-0.3, -0.25) is 0 Å². The van der Waals surface area contributed by atoms with E-state index in [9.17, 15) is 4.79 Å². The zero-order valence-electron chi connectivity index (χ0n) is 7.25. The van der Waals surface area contributed by atoms with Crippen LogP contribution in [0.4, 0.5) is 0 Å². The zero-order chi connectivity index (χ0) is 8.97. The number of esters is 1. The molecule has 0 saturated carbocycles. The third kappa shape index (κ3) is 2.66. The Kier molecular flexibility index (Phi) is 3.29. The van der Waals surface area contributed by atoms with Gasteiger partial charge in [0.25, 0.3) is 0 Å². The normalized spacial score (nSPS) is 18.7. The molecule has 0 fully saturated rings. The largest absolute Gasteiger partial charge is 0.459 e. The quantitative estimate of drug-likeness (QED) is 0.508. The lowest BCUT2D eigenvalue weighted by molar-refractivity contribution is -0.151. The van der Waals surface area contributed by atoms with Crippen molar-refractivity contribution in [3.8, 4) is 0 Å². The highest BCUT2D eigenvalue weighted by Gasteiger charge is 2.12. The molecule has 0 aromatic heterocycles. The van der Waals surface area contributed by atoms with Crippen molar-refractivity contribution < 1.29 is 14.6 Å². The van der Waals surface area contributed by atoms with Crippen molar-refractivity contribution in [1.82, 2.24) is 0 Å². The van der Waals surface area contributed by atoms with Crippen LogP contribution >= 0.6 is 0 Å². The number of carbonyl (C=O) groups excluding carboxylic acids is 1. The molecular weight excluding hydrogens is 156 g/mol. The predicted octanol–water partition coefficient (Wildman–Crippen LogP) is 1.02.